The van der Waals surface area contributed by atoms with Crippen molar-refractivity contribution in [2.75, 3.05) is 11.9 Å². The van der Waals surface area contributed by atoms with Crippen LogP contribution in [0.2, 0.25) is 0 Å². The first-order chi connectivity index (χ1) is 12.7. The van der Waals surface area contributed by atoms with Crippen molar-refractivity contribution in [1.82, 2.24) is 14.9 Å². The molecule has 1 amide bonds. The largest absolute Gasteiger partial charge is 0.467 e. The summed E-state index contributed by atoms with van der Waals surface area (Å²) in [6, 6.07) is 13.7. The summed E-state index contributed by atoms with van der Waals surface area (Å²) < 4.78 is 5.30. The average molecular weight is 348 g/mol. The highest BCUT2D eigenvalue weighted by atomic mass is 16.3. The number of rotatable bonds is 4. The van der Waals surface area contributed by atoms with E-state index in [1.807, 2.05) is 36.1 Å². The van der Waals surface area contributed by atoms with Gasteiger partial charge in [-0.2, -0.15) is 0 Å². The maximum Gasteiger partial charge on any atom is 0.272 e. The average Bonchev–Trinajstić information content (AvgIpc) is 3.18. The number of aromatic nitrogens is 2. The molecule has 3 heterocycles. The highest BCUT2D eigenvalue weighted by Gasteiger charge is 2.23. The molecule has 0 spiro atoms. The van der Waals surface area contributed by atoms with Crippen LogP contribution in [0.1, 0.15) is 33.1 Å². The highest BCUT2D eigenvalue weighted by Crippen LogP contribution is 2.20. The first-order valence-electron chi connectivity index (χ1n) is 8.67. The van der Waals surface area contributed by atoms with Crippen molar-refractivity contribution in [1.29, 1.82) is 0 Å². The fourth-order valence-corrected chi connectivity index (χ4v) is 3.17. The minimum atomic E-state index is -0.0638. The lowest BCUT2D eigenvalue weighted by Crippen LogP contribution is -2.36. The number of hydrogen-bond donors (Lipinski definition) is 1. The van der Waals surface area contributed by atoms with Crippen LogP contribution < -0.4 is 5.32 Å². The molecule has 4 rings (SSSR count). The Morgan fingerprint density at radius 2 is 2.04 bits per heavy atom. The Kier molecular flexibility index (Phi) is 4.39. The molecule has 132 valence electrons. The number of benzene rings is 1. The van der Waals surface area contributed by atoms with Gasteiger partial charge in [-0.25, -0.2) is 9.97 Å². The zero-order valence-electron chi connectivity index (χ0n) is 14.6. The molecule has 6 nitrogen and oxygen atoms in total. The molecule has 1 N–H and O–H groups in total. The minimum absolute atomic E-state index is 0.0638. The lowest BCUT2D eigenvalue weighted by atomic mass is 10.00. The second-order valence-electron chi connectivity index (χ2n) is 6.40. The fraction of sp³-hybridized carbons (Fsp3) is 0.250. The Labute approximate surface area is 151 Å². The van der Waals surface area contributed by atoms with Crippen molar-refractivity contribution in [2.45, 2.75) is 26.4 Å². The molecule has 1 aliphatic rings. The van der Waals surface area contributed by atoms with E-state index in [2.05, 4.69) is 27.4 Å². The van der Waals surface area contributed by atoms with E-state index in [0.29, 0.717) is 31.3 Å². The Morgan fingerprint density at radius 1 is 1.19 bits per heavy atom. The van der Waals surface area contributed by atoms with Gasteiger partial charge in [0.15, 0.2) is 0 Å². The van der Waals surface area contributed by atoms with Gasteiger partial charge < -0.3 is 14.6 Å². The monoisotopic (exact) mass is 348 g/mol. The minimum Gasteiger partial charge on any atom is -0.467 e. The van der Waals surface area contributed by atoms with Crippen LogP contribution in [0.3, 0.4) is 0 Å². The van der Waals surface area contributed by atoms with Crippen LogP contribution in [0.4, 0.5) is 5.95 Å². The van der Waals surface area contributed by atoms with Gasteiger partial charge in [0.1, 0.15) is 11.5 Å². The lowest BCUT2D eigenvalue weighted by Gasteiger charge is -2.28. The third kappa shape index (κ3) is 3.44. The summed E-state index contributed by atoms with van der Waals surface area (Å²) in [4.78, 5) is 23.6. The molecule has 0 bridgehead atoms. The molecule has 3 aromatic rings. The number of furan rings is 1. The second kappa shape index (κ2) is 7.00. The molecule has 0 saturated heterocycles. The summed E-state index contributed by atoms with van der Waals surface area (Å²) >= 11 is 0. The molecule has 1 aromatic carbocycles. The van der Waals surface area contributed by atoms with Crippen molar-refractivity contribution in [2.24, 2.45) is 0 Å². The molecule has 6 heteroatoms. The topological polar surface area (TPSA) is 71.3 Å². The lowest BCUT2D eigenvalue weighted by molar-refractivity contribution is 0.0728. The van der Waals surface area contributed by atoms with Crippen molar-refractivity contribution < 1.29 is 9.21 Å². The van der Waals surface area contributed by atoms with Crippen LogP contribution >= 0.6 is 0 Å². The van der Waals surface area contributed by atoms with Crippen LogP contribution in [-0.4, -0.2) is 27.3 Å². The van der Waals surface area contributed by atoms with Gasteiger partial charge in [0.05, 0.1) is 12.8 Å². The molecule has 0 radical (unpaired) electrons. The van der Waals surface area contributed by atoms with Crippen LogP contribution in [-0.2, 0) is 19.5 Å². The van der Waals surface area contributed by atoms with Crippen LogP contribution in [0.5, 0.6) is 0 Å². The molecule has 26 heavy (non-hydrogen) atoms. The normalized spacial score (nSPS) is 13.3. The van der Waals surface area contributed by atoms with Crippen LogP contribution in [0, 0.1) is 6.92 Å². The number of hydrogen-bond acceptors (Lipinski definition) is 5. The van der Waals surface area contributed by atoms with E-state index in [1.165, 1.54) is 11.1 Å². The van der Waals surface area contributed by atoms with Crippen LogP contribution in [0.15, 0.2) is 53.1 Å². The summed E-state index contributed by atoms with van der Waals surface area (Å²) in [6.45, 7) is 3.66. The molecule has 0 aliphatic carbocycles. The van der Waals surface area contributed by atoms with Crippen molar-refractivity contribution in [3.8, 4) is 0 Å². The Morgan fingerprint density at radius 3 is 2.85 bits per heavy atom. The number of carbonyl (C=O) groups excluding carboxylic acids is 1. The SMILES string of the molecule is Cc1cc(C(=O)N2CCc3ccccc3C2)nc(NCc2ccco2)n1. The number of nitrogens with zero attached hydrogens (tertiary/aromatic N) is 3. The van der Waals surface area contributed by atoms with Gasteiger partial charge >= 0.3 is 0 Å². The first kappa shape index (κ1) is 16.3. The van der Waals surface area contributed by atoms with Gasteiger partial charge in [0, 0.05) is 18.8 Å². The smallest absolute Gasteiger partial charge is 0.272 e. The number of fused-ring (bicyclic) bond motifs is 1. The van der Waals surface area contributed by atoms with E-state index >= 15 is 0 Å². The van der Waals surface area contributed by atoms with Gasteiger partial charge in [0.2, 0.25) is 5.95 Å². The quantitative estimate of drug-likeness (QED) is 0.784. The summed E-state index contributed by atoms with van der Waals surface area (Å²) in [6.07, 6.45) is 2.49. The van der Waals surface area contributed by atoms with E-state index in [9.17, 15) is 4.79 Å². The Bertz CT molecular complexity index is 921. The van der Waals surface area contributed by atoms with Gasteiger partial charge in [-0.1, -0.05) is 24.3 Å². The summed E-state index contributed by atoms with van der Waals surface area (Å²) in [5.41, 5.74) is 3.69. The first-order valence-corrected chi connectivity index (χ1v) is 8.67. The molecule has 0 saturated carbocycles. The summed E-state index contributed by atoms with van der Waals surface area (Å²) in [5.74, 6) is 1.16. The van der Waals surface area contributed by atoms with Gasteiger partial charge in [0.25, 0.3) is 5.91 Å². The zero-order valence-corrected chi connectivity index (χ0v) is 14.6. The predicted octanol–water partition coefficient (Wildman–Crippen LogP) is 3.19. The van der Waals surface area contributed by atoms with E-state index < -0.39 is 0 Å². The molecule has 0 atom stereocenters. The van der Waals surface area contributed by atoms with Gasteiger partial charge in [-0.05, 0) is 42.7 Å². The van der Waals surface area contributed by atoms with E-state index in [-0.39, 0.29) is 5.91 Å². The third-order valence-corrected chi connectivity index (χ3v) is 4.49. The zero-order chi connectivity index (χ0) is 17.9. The van der Waals surface area contributed by atoms with E-state index in [4.69, 9.17) is 4.42 Å². The van der Waals surface area contributed by atoms with E-state index in [1.54, 1.807) is 12.3 Å². The highest BCUT2D eigenvalue weighted by molar-refractivity contribution is 5.92. The second-order valence-corrected chi connectivity index (χ2v) is 6.40. The maximum atomic E-state index is 12.9. The molecular weight excluding hydrogens is 328 g/mol. The van der Waals surface area contributed by atoms with Crippen LogP contribution in [0.25, 0.3) is 0 Å². The standard InChI is InChI=1S/C20H20N4O2/c1-14-11-18(23-20(22-14)21-12-17-7-4-10-26-17)19(25)24-9-8-15-5-2-3-6-16(15)13-24/h2-7,10-11H,8-9,12-13H2,1H3,(H,21,22,23). The molecule has 0 fully saturated rings. The third-order valence-electron chi connectivity index (χ3n) is 4.49. The number of aryl methyl sites for hydroxylation is 1. The van der Waals surface area contributed by atoms with Gasteiger partial charge in [-0.15, -0.1) is 0 Å². The molecular formula is C20H20N4O2. The van der Waals surface area contributed by atoms with Crippen molar-refractivity contribution in [3.05, 3.63) is 77.0 Å². The summed E-state index contributed by atoms with van der Waals surface area (Å²) in [5, 5.41) is 3.12. The maximum absolute atomic E-state index is 12.9. The number of anilines is 1. The number of amides is 1. The fourth-order valence-electron chi connectivity index (χ4n) is 3.17. The molecule has 2 aromatic heterocycles. The predicted molar refractivity (Wildman–Crippen MR) is 97.7 cm³/mol. The summed E-state index contributed by atoms with van der Waals surface area (Å²) in [7, 11) is 0. The van der Waals surface area contributed by atoms with E-state index in [0.717, 1.165) is 17.9 Å². The number of carbonyl (C=O) groups is 1. The Balaban J connectivity index is 1.51. The number of nitrogens with one attached hydrogen (secondary N) is 1. The molecule has 1 aliphatic heterocycles. The Hall–Kier alpha value is -3.15. The van der Waals surface area contributed by atoms with Crippen molar-refractivity contribution in [3.63, 3.8) is 0 Å². The van der Waals surface area contributed by atoms with Crippen molar-refractivity contribution >= 4 is 11.9 Å². The van der Waals surface area contributed by atoms with Gasteiger partial charge in [-0.3, -0.25) is 4.79 Å². The molecule has 0 unspecified atom stereocenters.